The number of aromatic nitrogens is 1. The summed E-state index contributed by atoms with van der Waals surface area (Å²) in [6, 6.07) is 2.22. The van der Waals surface area contributed by atoms with Crippen molar-refractivity contribution in [2.24, 2.45) is 0 Å². The van der Waals surface area contributed by atoms with Gasteiger partial charge in [-0.25, -0.2) is 0 Å². The summed E-state index contributed by atoms with van der Waals surface area (Å²) in [6.07, 6.45) is 1.66. The molecule has 8 nitrogen and oxygen atoms in total. The van der Waals surface area contributed by atoms with Crippen molar-refractivity contribution in [3.63, 3.8) is 0 Å². The van der Waals surface area contributed by atoms with E-state index in [1.165, 1.54) is 28.6 Å². The quantitative estimate of drug-likeness (QED) is 0.822. The Bertz CT molecular complexity index is 744. The van der Waals surface area contributed by atoms with E-state index in [1.807, 2.05) is 12.3 Å². The second-order valence-electron chi connectivity index (χ2n) is 5.67. The summed E-state index contributed by atoms with van der Waals surface area (Å²) in [7, 11) is 0. The molecule has 0 saturated carbocycles. The number of amides is 3. The molecule has 0 aliphatic carbocycles. The first-order valence-corrected chi connectivity index (χ1v) is 8.86. The van der Waals surface area contributed by atoms with Crippen molar-refractivity contribution in [2.45, 2.75) is 25.4 Å². The number of carbonyl (C=O) groups is 3. The Morgan fingerprint density at radius 2 is 2.24 bits per heavy atom. The average molecular weight is 362 g/mol. The van der Waals surface area contributed by atoms with Crippen molar-refractivity contribution < 1.29 is 18.9 Å². The number of carbonyl (C=O) groups excluding carboxylic acids is 3. The van der Waals surface area contributed by atoms with Crippen LogP contribution in [0.1, 0.15) is 34.2 Å². The van der Waals surface area contributed by atoms with Crippen molar-refractivity contribution in [3.05, 3.63) is 40.4 Å². The van der Waals surface area contributed by atoms with E-state index in [-0.39, 0.29) is 30.1 Å². The Morgan fingerprint density at radius 1 is 1.40 bits per heavy atom. The summed E-state index contributed by atoms with van der Waals surface area (Å²) in [5.74, 6) is -0.847. The molecule has 1 aliphatic heterocycles. The molecule has 25 heavy (non-hydrogen) atoms. The molecule has 0 unspecified atom stereocenters. The largest absolute Gasteiger partial charge is 0.364 e. The molecule has 2 N–H and O–H groups in total. The van der Waals surface area contributed by atoms with E-state index in [2.05, 4.69) is 15.8 Å². The highest BCUT2D eigenvalue weighted by atomic mass is 32.1. The van der Waals surface area contributed by atoms with Crippen LogP contribution in [0, 0.1) is 0 Å². The van der Waals surface area contributed by atoms with E-state index >= 15 is 0 Å². The summed E-state index contributed by atoms with van der Waals surface area (Å²) in [5, 5.41) is 12.8. The first kappa shape index (κ1) is 17.2. The highest BCUT2D eigenvalue weighted by Crippen LogP contribution is 2.21. The molecular formula is C16H18N4O4S. The van der Waals surface area contributed by atoms with E-state index in [9.17, 15) is 14.4 Å². The van der Waals surface area contributed by atoms with Gasteiger partial charge in [0, 0.05) is 36.1 Å². The number of nitrogens with one attached hydrogen (secondary N) is 2. The van der Waals surface area contributed by atoms with Gasteiger partial charge in [-0.1, -0.05) is 5.16 Å². The number of hydrogen-bond acceptors (Lipinski definition) is 6. The Kier molecular flexibility index (Phi) is 5.13. The molecule has 132 valence electrons. The molecule has 1 saturated heterocycles. The number of rotatable bonds is 5. The molecule has 0 spiro atoms. The average Bonchev–Trinajstić information content (AvgIpc) is 3.34. The van der Waals surface area contributed by atoms with Crippen LogP contribution in [0.2, 0.25) is 0 Å². The lowest BCUT2D eigenvalue weighted by Crippen LogP contribution is -2.46. The van der Waals surface area contributed by atoms with Crippen LogP contribution in [0.25, 0.3) is 0 Å². The number of nitrogens with zero attached hydrogens (tertiary/aromatic N) is 2. The van der Waals surface area contributed by atoms with Crippen LogP contribution >= 0.6 is 11.3 Å². The highest BCUT2D eigenvalue weighted by Gasteiger charge is 2.41. The topological polar surface area (TPSA) is 105 Å². The lowest BCUT2D eigenvalue weighted by molar-refractivity contribution is -0.124. The van der Waals surface area contributed by atoms with E-state index in [1.54, 1.807) is 11.4 Å². The monoisotopic (exact) mass is 362 g/mol. The third-order valence-electron chi connectivity index (χ3n) is 3.99. The van der Waals surface area contributed by atoms with Crippen molar-refractivity contribution >= 4 is 29.1 Å². The van der Waals surface area contributed by atoms with Gasteiger partial charge < -0.3 is 20.1 Å². The fourth-order valence-corrected chi connectivity index (χ4v) is 3.47. The zero-order valence-corrected chi connectivity index (χ0v) is 14.4. The molecule has 0 radical (unpaired) electrons. The molecule has 1 fully saturated rings. The smallest absolute Gasteiger partial charge is 0.276 e. The second-order valence-corrected chi connectivity index (χ2v) is 6.45. The van der Waals surface area contributed by atoms with Gasteiger partial charge in [-0.2, -0.15) is 11.3 Å². The van der Waals surface area contributed by atoms with Gasteiger partial charge in [-0.15, -0.1) is 0 Å². The van der Waals surface area contributed by atoms with Gasteiger partial charge in [0.15, 0.2) is 5.69 Å². The molecular weight excluding hydrogens is 344 g/mol. The fourth-order valence-electron chi connectivity index (χ4n) is 2.84. The number of thiophene rings is 1. The predicted octanol–water partition coefficient (Wildman–Crippen LogP) is 0.885. The lowest BCUT2D eigenvalue weighted by atomic mass is 10.1. The molecule has 3 rings (SSSR count). The zero-order chi connectivity index (χ0) is 17.8. The Morgan fingerprint density at radius 3 is 2.88 bits per heavy atom. The van der Waals surface area contributed by atoms with Crippen LogP contribution < -0.4 is 10.6 Å². The van der Waals surface area contributed by atoms with Crippen LogP contribution in [0.3, 0.4) is 0 Å². The minimum absolute atomic E-state index is 0.138. The normalized spacial score (nSPS) is 19.6. The molecule has 2 aromatic heterocycles. The van der Waals surface area contributed by atoms with Crippen LogP contribution in [-0.2, 0) is 4.79 Å². The molecule has 3 amide bonds. The Labute approximate surface area is 148 Å². The molecule has 1 aliphatic rings. The Balaban J connectivity index is 1.74. The summed E-state index contributed by atoms with van der Waals surface area (Å²) >= 11 is 1.43. The Hall–Kier alpha value is -2.68. The minimum atomic E-state index is -0.656. The van der Waals surface area contributed by atoms with Gasteiger partial charge in [0.25, 0.3) is 11.8 Å². The maximum atomic E-state index is 12.6. The maximum absolute atomic E-state index is 12.6. The van der Waals surface area contributed by atoms with E-state index in [4.69, 9.17) is 4.52 Å². The van der Waals surface area contributed by atoms with Crippen molar-refractivity contribution in [3.8, 4) is 0 Å². The van der Waals surface area contributed by atoms with Crippen LogP contribution in [-0.4, -0.2) is 53.0 Å². The molecule has 0 bridgehead atoms. The number of hydrogen-bond donors (Lipinski definition) is 2. The van der Waals surface area contributed by atoms with Gasteiger partial charge in [-0.3, -0.25) is 14.4 Å². The summed E-state index contributed by atoms with van der Waals surface area (Å²) in [5.41, 5.74) is 0.708. The second kappa shape index (κ2) is 7.47. The van der Waals surface area contributed by atoms with Gasteiger partial charge >= 0.3 is 0 Å². The number of likely N-dealkylation sites (N-methyl/N-ethyl adjacent to an activating group) is 1. The van der Waals surface area contributed by atoms with Gasteiger partial charge in [-0.05, 0) is 24.8 Å². The highest BCUT2D eigenvalue weighted by molar-refractivity contribution is 7.08. The van der Waals surface area contributed by atoms with Gasteiger partial charge in [0.05, 0.1) is 0 Å². The van der Waals surface area contributed by atoms with Crippen molar-refractivity contribution in [2.75, 3.05) is 13.1 Å². The first-order chi connectivity index (χ1) is 12.1. The van der Waals surface area contributed by atoms with Crippen LogP contribution in [0.4, 0.5) is 0 Å². The lowest BCUT2D eigenvalue weighted by Gasteiger charge is -2.22. The van der Waals surface area contributed by atoms with E-state index in [0.29, 0.717) is 18.5 Å². The summed E-state index contributed by atoms with van der Waals surface area (Å²) in [4.78, 5) is 38.6. The molecule has 3 heterocycles. The third-order valence-corrected chi connectivity index (χ3v) is 4.67. The molecule has 0 aromatic carbocycles. The van der Waals surface area contributed by atoms with Gasteiger partial charge in [0.2, 0.25) is 5.91 Å². The molecule has 2 aromatic rings. The molecule has 2 atom stereocenters. The zero-order valence-electron chi connectivity index (χ0n) is 13.6. The van der Waals surface area contributed by atoms with Crippen molar-refractivity contribution in [1.82, 2.24) is 20.7 Å². The third kappa shape index (κ3) is 3.71. The van der Waals surface area contributed by atoms with Crippen molar-refractivity contribution in [1.29, 1.82) is 0 Å². The fraction of sp³-hybridized carbons (Fsp3) is 0.375. The minimum Gasteiger partial charge on any atom is -0.364 e. The van der Waals surface area contributed by atoms with Gasteiger partial charge in [0.1, 0.15) is 12.3 Å². The number of likely N-dealkylation sites (tertiary alicyclic amines) is 1. The SMILES string of the molecule is CCNC(=O)[C@@H]1C[C@@H](NC(=O)c2ccsc2)CN1C(=O)c1ccon1. The predicted molar refractivity (Wildman–Crippen MR) is 90.2 cm³/mol. The van der Waals surface area contributed by atoms with E-state index in [0.717, 1.165) is 0 Å². The summed E-state index contributed by atoms with van der Waals surface area (Å²) < 4.78 is 4.71. The standard InChI is InChI=1S/C16H18N4O4S/c1-2-17-15(22)13-7-11(18-14(21)10-4-6-25-9-10)8-20(13)16(23)12-3-5-24-19-12/h3-6,9,11,13H,2,7-8H2,1H3,(H,17,22)(H,18,21)/t11-,13+/m1/s1. The van der Waals surface area contributed by atoms with Crippen LogP contribution in [0.15, 0.2) is 33.7 Å². The van der Waals surface area contributed by atoms with E-state index < -0.39 is 11.9 Å². The maximum Gasteiger partial charge on any atom is 0.276 e. The summed E-state index contributed by atoms with van der Waals surface area (Å²) in [6.45, 7) is 2.52. The van der Waals surface area contributed by atoms with Crippen LogP contribution in [0.5, 0.6) is 0 Å². The first-order valence-electron chi connectivity index (χ1n) is 7.92. The molecule has 9 heteroatoms.